The van der Waals surface area contributed by atoms with Gasteiger partial charge in [0.2, 0.25) is 0 Å². The first-order valence-electron chi connectivity index (χ1n) is 6.46. The van der Waals surface area contributed by atoms with Crippen molar-refractivity contribution < 1.29 is 4.74 Å². The van der Waals surface area contributed by atoms with Gasteiger partial charge < -0.3 is 20.7 Å². The van der Waals surface area contributed by atoms with Gasteiger partial charge in [0, 0.05) is 25.2 Å². The zero-order chi connectivity index (χ0) is 13.5. The minimum atomic E-state index is 0.606. The Balaban J connectivity index is 2.48. The number of likely N-dealkylation sites (N-methyl/N-ethyl adjacent to an activating group) is 1. The van der Waals surface area contributed by atoms with Crippen LogP contribution in [-0.2, 0) is 0 Å². The summed E-state index contributed by atoms with van der Waals surface area (Å²) in [5.41, 5.74) is 7.60. The fourth-order valence-electron chi connectivity index (χ4n) is 1.71. The number of hydrogen-bond acceptors (Lipinski definition) is 4. The second-order valence-corrected chi connectivity index (χ2v) is 4.62. The summed E-state index contributed by atoms with van der Waals surface area (Å²) in [6.45, 7) is 6.30. The third kappa shape index (κ3) is 4.11. The van der Waals surface area contributed by atoms with Gasteiger partial charge in [-0.25, -0.2) is 0 Å². The second kappa shape index (κ2) is 7.11. The van der Waals surface area contributed by atoms with Gasteiger partial charge in [0.15, 0.2) is 0 Å². The molecule has 0 aliphatic carbocycles. The molecule has 0 radical (unpaired) electrons. The van der Waals surface area contributed by atoms with Crippen LogP contribution in [-0.4, -0.2) is 38.2 Å². The van der Waals surface area contributed by atoms with E-state index in [1.807, 2.05) is 18.2 Å². The fraction of sp³-hybridized carbons (Fsp3) is 0.571. The highest BCUT2D eigenvalue weighted by Crippen LogP contribution is 2.24. The van der Waals surface area contributed by atoms with Crippen molar-refractivity contribution >= 4 is 11.4 Å². The molecule has 0 amide bonds. The minimum absolute atomic E-state index is 0.606. The lowest BCUT2D eigenvalue weighted by Crippen LogP contribution is -2.32. The van der Waals surface area contributed by atoms with Crippen LogP contribution in [0, 0.1) is 0 Å². The Morgan fingerprint density at radius 1 is 1.44 bits per heavy atom. The predicted octanol–water partition coefficient (Wildman–Crippen LogP) is 2.42. The first-order valence-corrected chi connectivity index (χ1v) is 6.46. The zero-order valence-electron chi connectivity index (χ0n) is 11.9. The molecule has 1 unspecified atom stereocenters. The van der Waals surface area contributed by atoms with E-state index in [9.17, 15) is 0 Å². The second-order valence-electron chi connectivity index (χ2n) is 4.62. The van der Waals surface area contributed by atoms with Crippen molar-refractivity contribution in [2.75, 3.05) is 38.3 Å². The van der Waals surface area contributed by atoms with Crippen LogP contribution in [0.25, 0.3) is 0 Å². The van der Waals surface area contributed by atoms with Gasteiger partial charge in [0.25, 0.3) is 0 Å². The molecule has 102 valence electrons. The van der Waals surface area contributed by atoms with Crippen LogP contribution < -0.4 is 15.8 Å². The highest BCUT2D eigenvalue weighted by Gasteiger charge is 2.06. The van der Waals surface area contributed by atoms with Crippen LogP contribution in [0.5, 0.6) is 5.75 Å². The van der Waals surface area contributed by atoms with Crippen LogP contribution >= 0.6 is 0 Å². The molecule has 0 heterocycles. The summed E-state index contributed by atoms with van der Waals surface area (Å²) in [6.07, 6.45) is 1.16. The van der Waals surface area contributed by atoms with E-state index in [2.05, 4.69) is 31.1 Å². The van der Waals surface area contributed by atoms with Crippen LogP contribution in [0.1, 0.15) is 20.3 Å². The van der Waals surface area contributed by atoms with E-state index in [1.54, 1.807) is 7.11 Å². The first kappa shape index (κ1) is 14.6. The van der Waals surface area contributed by atoms with E-state index in [0.29, 0.717) is 6.04 Å². The Morgan fingerprint density at radius 3 is 2.78 bits per heavy atom. The van der Waals surface area contributed by atoms with Crippen LogP contribution in [0.4, 0.5) is 11.4 Å². The Hall–Kier alpha value is -1.42. The predicted molar refractivity (Wildman–Crippen MR) is 78.3 cm³/mol. The minimum Gasteiger partial charge on any atom is -0.497 e. The molecular formula is C14H25N3O. The molecule has 0 spiro atoms. The number of benzene rings is 1. The molecule has 1 aromatic rings. The molecule has 0 saturated heterocycles. The lowest BCUT2D eigenvalue weighted by Gasteiger charge is -2.23. The van der Waals surface area contributed by atoms with Crippen molar-refractivity contribution in [2.45, 2.75) is 26.3 Å². The lowest BCUT2D eigenvalue weighted by molar-refractivity contribution is 0.261. The Labute approximate surface area is 110 Å². The molecule has 0 aliphatic heterocycles. The summed E-state index contributed by atoms with van der Waals surface area (Å²) in [7, 11) is 3.80. The zero-order valence-corrected chi connectivity index (χ0v) is 11.9. The number of methoxy groups -OCH3 is 1. The Bertz CT molecular complexity index is 368. The summed E-state index contributed by atoms with van der Waals surface area (Å²) >= 11 is 0. The van der Waals surface area contributed by atoms with Gasteiger partial charge in [0.05, 0.1) is 18.5 Å². The highest BCUT2D eigenvalue weighted by atomic mass is 16.5. The number of nitrogen functional groups attached to an aromatic ring is 1. The molecule has 4 heteroatoms. The van der Waals surface area contributed by atoms with Gasteiger partial charge in [-0.2, -0.15) is 0 Å². The van der Waals surface area contributed by atoms with Gasteiger partial charge >= 0.3 is 0 Å². The van der Waals surface area contributed by atoms with E-state index in [-0.39, 0.29) is 0 Å². The number of hydrogen-bond donors (Lipinski definition) is 2. The number of nitrogens with two attached hydrogens (primary N) is 1. The number of nitrogens with one attached hydrogen (secondary N) is 1. The SMILES string of the molecule is CCC(C)N(C)CCNc1cc(OC)ccc1N. The van der Waals surface area contributed by atoms with Gasteiger partial charge in [0.1, 0.15) is 5.75 Å². The fourth-order valence-corrected chi connectivity index (χ4v) is 1.71. The molecule has 18 heavy (non-hydrogen) atoms. The molecule has 3 N–H and O–H groups in total. The van der Waals surface area contributed by atoms with Crippen LogP contribution in [0.2, 0.25) is 0 Å². The third-order valence-electron chi connectivity index (χ3n) is 3.38. The van der Waals surface area contributed by atoms with E-state index in [0.717, 1.165) is 36.6 Å². The maximum absolute atomic E-state index is 5.92. The highest BCUT2D eigenvalue weighted by molar-refractivity contribution is 5.68. The third-order valence-corrected chi connectivity index (χ3v) is 3.38. The van der Waals surface area contributed by atoms with E-state index in [4.69, 9.17) is 10.5 Å². The lowest BCUT2D eigenvalue weighted by atomic mass is 10.2. The van der Waals surface area contributed by atoms with Crippen molar-refractivity contribution in [1.29, 1.82) is 0 Å². The quantitative estimate of drug-likeness (QED) is 0.731. The van der Waals surface area contributed by atoms with E-state index < -0.39 is 0 Å². The molecule has 0 bridgehead atoms. The van der Waals surface area contributed by atoms with E-state index in [1.165, 1.54) is 0 Å². The van der Waals surface area contributed by atoms with Crippen LogP contribution in [0.15, 0.2) is 18.2 Å². The Kier molecular flexibility index (Phi) is 5.78. The number of nitrogens with zero attached hydrogens (tertiary/aromatic N) is 1. The van der Waals surface area contributed by atoms with Crippen molar-refractivity contribution in [2.24, 2.45) is 0 Å². The smallest absolute Gasteiger partial charge is 0.121 e. The topological polar surface area (TPSA) is 50.5 Å². The molecular weight excluding hydrogens is 226 g/mol. The number of anilines is 2. The summed E-state index contributed by atoms with van der Waals surface area (Å²) in [5, 5.41) is 3.35. The van der Waals surface area contributed by atoms with Crippen molar-refractivity contribution in [1.82, 2.24) is 4.90 Å². The van der Waals surface area contributed by atoms with Crippen molar-refractivity contribution in [3.8, 4) is 5.75 Å². The number of ether oxygens (including phenoxy) is 1. The van der Waals surface area contributed by atoms with Gasteiger partial charge in [-0.05, 0) is 32.5 Å². The normalized spacial score (nSPS) is 12.5. The molecule has 1 aromatic carbocycles. The van der Waals surface area contributed by atoms with Crippen molar-refractivity contribution in [3.63, 3.8) is 0 Å². The summed E-state index contributed by atoms with van der Waals surface area (Å²) in [5.74, 6) is 0.821. The average Bonchev–Trinajstić information content (AvgIpc) is 2.39. The molecule has 0 aliphatic rings. The average molecular weight is 251 g/mol. The largest absolute Gasteiger partial charge is 0.497 e. The van der Waals surface area contributed by atoms with Gasteiger partial charge in [-0.3, -0.25) is 0 Å². The van der Waals surface area contributed by atoms with Crippen molar-refractivity contribution in [3.05, 3.63) is 18.2 Å². The van der Waals surface area contributed by atoms with Gasteiger partial charge in [-0.1, -0.05) is 6.92 Å². The summed E-state index contributed by atoms with van der Waals surface area (Å²) in [4.78, 5) is 2.34. The van der Waals surface area contributed by atoms with E-state index >= 15 is 0 Å². The molecule has 1 rings (SSSR count). The maximum atomic E-state index is 5.92. The van der Waals surface area contributed by atoms with Gasteiger partial charge in [-0.15, -0.1) is 0 Å². The Morgan fingerprint density at radius 2 is 2.17 bits per heavy atom. The molecule has 0 aromatic heterocycles. The standard InChI is InChI=1S/C14H25N3O/c1-5-11(2)17(3)9-8-16-14-10-12(18-4)6-7-13(14)15/h6-7,10-11,16H,5,8-9,15H2,1-4H3. The molecule has 1 atom stereocenters. The monoisotopic (exact) mass is 251 g/mol. The molecule has 4 nitrogen and oxygen atoms in total. The maximum Gasteiger partial charge on any atom is 0.121 e. The summed E-state index contributed by atoms with van der Waals surface area (Å²) < 4.78 is 5.19. The molecule has 0 saturated carbocycles. The molecule has 0 fully saturated rings. The summed E-state index contributed by atoms with van der Waals surface area (Å²) in [6, 6.07) is 6.26. The first-order chi connectivity index (χ1) is 8.58. The van der Waals surface area contributed by atoms with Crippen LogP contribution in [0.3, 0.4) is 0 Å². The number of rotatable bonds is 7.